The zero-order valence-electron chi connectivity index (χ0n) is 14.4. The van der Waals surface area contributed by atoms with Gasteiger partial charge in [-0.05, 0) is 42.5 Å². The fourth-order valence-corrected chi connectivity index (χ4v) is 3.22. The summed E-state index contributed by atoms with van der Waals surface area (Å²) in [5, 5.41) is 5.38. The zero-order valence-corrected chi connectivity index (χ0v) is 16.6. The number of nitrogens with one attached hydrogen (secondary N) is 1. The lowest BCUT2D eigenvalue weighted by Crippen LogP contribution is -2.36. The number of aromatic nitrogens is 2. The predicted octanol–water partition coefficient (Wildman–Crippen LogP) is 3.47. The third-order valence-corrected chi connectivity index (χ3v) is 4.66. The Morgan fingerprint density at radius 2 is 1.75 bits per heavy atom. The molecule has 144 valence electrons. The summed E-state index contributed by atoms with van der Waals surface area (Å²) in [6, 6.07) is 11.4. The molecule has 3 aromatic rings. The van der Waals surface area contributed by atoms with Crippen LogP contribution in [0.1, 0.15) is 10.5 Å². The number of carbonyl (C=O) groups excluding carboxylic acids is 1. The Morgan fingerprint density at radius 3 is 2.32 bits per heavy atom. The minimum atomic E-state index is -0.861. The molecule has 28 heavy (non-hydrogen) atoms. The number of benzene rings is 2. The lowest BCUT2D eigenvalue weighted by atomic mass is 10.1. The van der Waals surface area contributed by atoms with Crippen molar-refractivity contribution in [3.05, 3.63) is 73.4 Å². The van der Waals surface area contributed by atoms with E-state index in [2.05, 4.69) is 5.10 Å². The van der Waals surface area contributed by atoms with Crippen LogP contribution in [0.5, 0.6) is 5.75 Å². The number of rotatable bonds is 4. The summed E-state index contributed by atoms with van der Waals surface area (Å²) in [4.78, 5) is 24.9. The Morgan fingerprint density at radius 1 is 1.11 bits per heavy atom. The molecule has 0 saturated heterocycles. The first-order chi connectivity index (χ1) is 13.4. The molecule has 3 N–H and O–H groups in total. The number of hydrogen-bond donors (Lipinski definition) is 2. The van der Waals surface area contributed by atoms with Crippen LogP contribution >= 0.6 is 34.8 Å². The topological polar surface area (TPSA) is 99.2 Å². The van der Waals surface area contributed by atoms with Crippen molar-refractivity contribution >= 4 is 40.7 Å². The second-order valence-corrected chi connectivity index (χ2v) is 6.83. The predicted molar refractivity (Wildman–Crippen MR) is 109 cm³/mol. The molecule has 0 aliphatic heterocycles. The van der Waals surface area contributed by atoms with Crippen LogP contribution in [-0.2, 0) is 0 Å². The van der Waals surface area contributed by atoms with Crippen LogP contribution in [0.25, 0.3) is 16.9 Å². The number of nitrogen functional groups attached to an aromatic ring is 1. The van der Waals surface area contributed by atoms with E-state index in [0.29, 0.717) is 21.3 Å². The molecule has 1 amide bonds. The van der Waals surface area contributed by atoms with Crippen molar-refractivity contribution < 1.29 is 9.53 Å². The first-order valence-electron chi connectivity index (χ1n) is 7.81. The molecule has 0 radical (unpaired) electrons. The molecule has 1 heterocycles. The Kier molecular flexibility index (Phi) is 5.90. The van der Waals surface area contributed by atoms with Gasteiger partial charge in [0.15, 0.2) is 5.75 Å². The molecule has 0 aliphatic rings. The largest absolute Gasteiger partial charge is 0.491 e. The van der Waals surface area contributed by atoms with E-state index in [9.17, 15) is 9.59 Å². The Balaban J connectivity index is 2.44. The van der Waals surface area contributed by atoms with Crippen LogP contribution in [0.3, 0.4) is 0 Å². The Bertz CT molecular complexity index is 1110. The normalized spacial score (nSPS) is 10.6. The van der Waals surface area contributed by atoms with Gasteiger partial charge in [0, 0.05) is 15.6 Å². The smallest absolute Gasteiger partial charge is 0.289 e. The minimum absolute atomic E-state index is 0.132. The van der Waals surface area contributed by atoms with Crippen LogP contribution in [0, 0.1) is 0 Å². The zero-order chi connectivity index (χ0) is 20.4. The van der Waals surface area contributed by atoms with E-state index in [0.717, 1.165) is 0 Å². The van der Waals surface area contributed by atoms with E-state index in [1.54, 1.807) is 36.4 Å². The number of nitrogens with two attached hydrogens (primary N) is 1. The molecule has 7 nitrogen and oxygen atoms in total. The molecule has 0 bridgehead atoms. The van der Waals surface area contributed by atoms with Crippen molar-refractivity contribution in [1.82, 2.24) is 15.2 Å². The highest BCUT2D eigenvalue weighted by Crippen LogP contribution is 2.35. The van der Waals surface area contributed by atoms with Gasteiger partial charge in [-0.15, -0.1) is 0 Å². The monoisotopic (exact) mass is 438 g/mol. The molecular weight excluding hydrogens is 427 g/mol. The summed E-state index contributed by atoms with van der Waals surface area (Å²) < 4.78 is 6.68. The molecule has 0 saturated carbocycles. The van der Waals surface area contributed by atoms with E-state index in [-0.39, 0.29) is 16.5 Å². The fraction of sp³-hybridized carbons (Fsp3) is 0.0556. The lowest BCUT2D eigenvalue weighted by molar-refractivity contribution is 0.0945. The van der Waals surface area contributed by atoms with E-state index >= 15 is 0 Å². The van der Waals surface area contributed by atoms with Gasteiger partial charge in [-0.3, -0.25) is 15.0 Å². The van der Waals surface area contributed by atoms with Crippen LogP contribution in [0.4, 0.5) is 0 Å². The number of carbonyl (C=O) groups is 1. The first-order valence-corrected chi connectivity index (χ1v) is 8.94. The number of hydrogen-bond acceptors (Lipinski definition) is 5. The average Bonchev–Trinajstić information content (AvgIpc) is 2.68. The maximum Gasteiger partial charge on any atom is 0.289 e. The molecule has 0 fully saturated rings. The van der Waals surface area contributed by atoms with Gasteiger partial charge in [0.1, 0.15) is 5.69 Å². The maximum atomic E-state index is 12.8. The van der Waals surface area contributed by atoms with Gasteiger partial charge in [0.2, 0.25) is 5.69 Å². The molecule has 0 aliphatic carbocycles. The number of methoxy groups -OCH3 is 1. The van der Waals surface area contributed by atoms with E-state index in [1.807, 2.05) is 5.43 Å². The van der Waals surface area contributed by atoms with E-state index < -0.39 is 17.0 Å². The van der Waals surface area contributed by atoms with Crippen LogP contribution in [0.2, 0.25) is 15.1 Å². The van der Waals surface area contributed by atoms with E-state index in [4.69, 9.17) is 45.4 Å². The number of hydrazine groups is 1. The molecule has 0 spiro atoms. The third kappa shape index (κ3) is 3.70. The first kappa shape index (κ1) is 20.2. The minimum Gasteiger partial charge on any atom is -0.491 e. The lowest BCUT2D eigenvalue weighted by Gasteiger charge is -2.18. The SMILES string of the molecule is COc1c(-c2ccc(Cl)cc2Cl)n(-c2ccc(Cl)cc2)nc(C(=O)NN)c1=O. The summed E-state index contributed by atoms with van der Waals surface area (Å²) in [7, 11) is 1.31. The second kappa shape index (κ2) is 8.20. The molecule has 10 heteroatoms. The van der Waals surface area contributed by atoms with Crippen molar-refractivity contribution in [3.63, 3.8) is 0 Å². The average molecular weight is 440 g/mol. The van der Waals surface area contributed by atoms with Gasteiger partial charge in [0.25, 0.3) is 11.3 Å². The highest BCUT2D eigenvalue weighted by atomic mass is 35.5. The van der Waals surface area contributed by atoms with Crippen LogP contribution in [-0.4, -0.2) is 22.8 Å². The van der Waals surface area contributed by atoms with Crippen molar-refractivity contribution in [1.29, 1.82) is 0 Å². The van der Waals surface area contributed by atoms with Crippen molar-refractivity contribution in [2.45, 2.75) is 0 Å². The van der Waals surface area contributed by atoms with Crippen molar-refractivity contribution in [2.75, 3.05) is 7.11 Å². The molecule has 1 aromatic heterocycles. The van der Waals surface area contributed by atoms with Gasteiger partial charge in [0.05, 0.1) is 17.8 Å². The third-order valence-electron chi connectivity index (χ3n) is 3.86. The molecule has 2 aromatic carbocycles. The van der Waals surface area contributed by atoms with Crippen molar-refractivity contribution in [2.24, 2.45) is 5.84 Å². The van der Waals surface area contributed by atoms with Crippen LogP contribution < -0.4 is 21.4 Å². The molecular formula is C18H13Cl3N4O3. The summed E-state index contributed by atoms with van der Waals surface area (Å²) >= 11 is 18.3. The van der Waals surface area contributed by atoms with Gasteiger partial charge < -0.3 is 4.74 Å². The van der Waals surface area contributed by atoms with Crippen molar-refractivity contribution in [3.8, 4) is 22.7 Å². The van der Waals surface area contributed by atoms with Crippen LogP contribution in [0.15, 0.2) is 47.3 Å². The maximum absolute atomic E-state index is 12.8. The summed E-state index contributed by atoms with van der Waals surface area (Å²) in [6.45, 7) is 0. The number of ether oxygens (including phenoxy) is 1. The highest BCUT2D eigenvalue weighted by molar-refractivity contribution is 6.36. The number of amides is 1. The standard InChI is InChI=1S/C18H13Cl3N4O3/c1-28-17-15(12-7-4-10(20)8-13(12)21)25(11-5-2-9(19)3-6-11)24-14(16(17)26)18(27)23-22/h2-8H,22H2,1H3,(H,23,27). The number of halogens is 3. The summed E-state index contributed by atoms with van der Waals surface area (Å²) in [6.07, 6.45) is 0. The van der Waals surface area contributed by atoms with Gasteiger partial charge >= 0.3 is 0 Å². The van der Waals surface area contributed by atoms with Gasteiger partial charge in [-0.1, -0.05) is 34.8 Å². The summed E-state index contributed by atoms with van der Waals surface area (Å²) in [5.74, 6) is 4.19. The van der Waals surface area contributed by atoms with E-state index in [1.165, 1.54) is 17.9 Å². The fourth-order valence-electron chi connectivity index (χ4n) is 2.60. The second-order valence-electron chi connectivity index (χ2n) is 5.55. The Hall–Kier alpha value is -2.58. The molecule has 3 rings (SSSR count). The van der Waals surface area contributed by atoms with Gasteiger partial charge in [-0.25, -0.2) is 10.5 Å². The quantitative estimate of drug-likeness (QED) is 0.368. The highest BCUT2D eigenvalue weighted by Gasteiger charge is 2.25. The Labute approximate surface area is 174 Å². The number of nitrogens with zero attached hydrogens (tertiary/aromatic N) is 2. The molecule has 0 unspecified atom stereocenters. The van der Waals surface area contributed by atoms with Gasteiger partial charge in [-0.2, -0.15) is 5.10 Å². The summed E-state index contributed by atoms with van der Waals surface area (Å²) in [5.41, 5.74) is 1.91. The molecule has 0 atom stereocenters.